The van der Waals surface area contributed by atoms with Gasteiger partial charge in [-0.1, -0.05) is 0 Å². The Kier molecular flexibility index (Phi) is 4.47. The van der Waals surface area contributed by atoms with E-state index in [9.17, 15) is 0 Å². The lowest BCUT2D eigenvalue weighted by Crippen LogP contribution is -2.03. The zero-order chi connectivity index (χ0) is 12.1. The van der Waals surface area contributed by atoms with Crippen LogP contribution >= 0.6 is 0 Å². The van der Waals surface area contributed by atoms with Crippen LogP contribution < -0.4 is 14.8 Å². The number of hydrogen-bond donors (Lipinski definition) is 1. The molecule has 0 unspecified atom stereocenters. The fourth-order valence-corrected chi connectivity index (χ4v) is 1.79. The zero-order valence-electron chi connectivity index (χ0n) is 10.8. The van der Waals surface area contributed by atoms with Crippen LogP contribution in [0.5, 0.6) is 11.5 Å². The summed E-state index contributed by atoms with van der Waals surface area (Å²) in [4.78, 5) is 0. The second-order valence-electron chi connectivity index (χ2n) is 3.62. The smallest absolute Gasteiger partial charge is 0.130 e. The molecule has 90 valence electrons. The molecule has 3 nitrogen and oxygen atoms in total. The number of hydrogen-bond acceptors (Lipinski definition) is 3. The molecular weight excluding hydrogens is 202 g/mol. The Hall–Kier alpha value is -1.38. The van der Waals surface area contributed by atoms with Gasteiger partial charge in [-0.2, -0.15) is 0 Å². The Bertz CT molecular complexity index is 361. The third kappa shape index (κ3) is 2.40. The van der Waals surface area contributed by atoms with Crippen LogP contribution in [0.4, 0.5) is 5.69 Å². The van der Waals surface area contributed by atoms with E-state index in [2.05, 4.69) is 12.2 Å². The Balaban J connectivity index is 3.26. The summed E-state index contributed by atoms with van der Waals surface area (Å²) in [6.07, 6.45) is 0. The highest BCUT2D eigenvalue weighted by Gasteiger charge is 2.13. The summed E-state index contributed by atoms with van der Waals surface area (Å²) in [5.74, 6) is 1.82. The van der Waals surface area contributed by atoms with Crippen LogP contribution in [0.2, 0.25) is 0 Å². The van der Waals surface area contributed by atoms with Gasteiger partial charge in [0.15, 0.2) is 0 Å². The lowest BCUT2D eigenvalue weighted by Gasteiger charge is -2.18. The van der Waals surface area contributed by atoms with Gasteiger partial charge in [0.25, 0.3) is 0 Å². The molecule has 0 saturated carbocycles. The van der Waals surface area contributed by atoms with Crippen molar-refractivity contribution in [3.05, 3.63) is 17.2 Å². The summed E-state index contributed by atoms with van der Waals surface area (Å²) in [5.41, 5.74) is 3.25. The van der Waals surface area contributed by atoms with Gasteiger partial charge in [0.1, 0.15) is 11.5 Å². The van der Waals surface area contributed by atoms with Crippen molar-refractivity contribution in [1.29, 1.82) is 0 Å². The van der Waals surface area contributed by atoms with E-state index in [-0.39, 0.29) is 0 Å². The van der Waals surface area contributed by atoms with Gasteiger partial charge in [-0.15, -0.1) is 0 Å². The van der Waals surface area contributed by atoms with E-state index in [4.69, 9.17) is 9.47 Å². The van der Waals surface area contributed by atoms with E-state index >= 15 is 0 Å². The summed E-state index contributed by atoms with van der Waals surface area (Å²) >= 11 is 0. The van der Waals surface area contributed by atoms with Crippen molar-refractivity contribution >= 4 is 5.69 Å². The first-order chi connectivity index (χ1) is 7.65. The quantitative estimate of drug-likeness (QED) is 0.831. The Morgan fingerprint density at radius 3 is 2.19 bits per heavy atom. The van der Waals surface area contributed by atoms with Crippen molar-refractivity contribution in [2.45, 2.75) is 27.7 Å². The molecule has 0 amide bonds. The molecule has 0 aliphatic rings. The first-order valence-corrected chi connectivity index (χ1v) is 5.73. The van der Waals surface area contributed by atoms with Crippen LogP contribution in [0.25, 0.3) is 0 Å². The summed E-state index contributed by atoms with van der Waals surface area (Å²) < 4.78 is 11.3. The van der Waals surface area contributed by atoms with E-state index in [1.807, 2.05) is 33.9 Å². The zero-order valence-corrected chi connectivity index (χ0v) is 10.8. The maximum atomic E-state index is 5.68. The average molecular weight is 223 g/mol. The third-order valence-corrected chi connectivity index (χ3v) is 2.59. The molecule has 0 fully saturated rings. The minimum absolute atomic E-state index is 0.665. The molecule has 0 heterocycles. The van der Waals surface area contributed by atoms with Gasteiger partial charge in [-0.25, -0.2) is 0 Å². The van der Waals surface area contributed by atoms with Crippen LogP contribution in [0.3, 0.4) is 0 Å². The largest absolute Gasteiger partial charge is 0.493 e. The van der Waals surface area contributed by atoms with Crippen LogP contribution in [0, 0.1) is 13.8 Å². The van der Waals surface area contributed by atoms with Crippen molar-refractivity contribution in [2.24, 2.45) is 0 Å². The second kappa shape index (κ2) is 5.64. The number of nitrogens with one attached hydrogen (secondary N) is 1. The normalized spacial score (nSPS) is 10.1. The van der Waals surface area contributed by atoms with E-state index in [1.54, 1.807) is 0 Å². The molecule has 0 aliphatic carbocycles. The molecule has 1 N–H and O–H groups in total. The molecule has 0 spiro atoms. The molecule has 0 radical (unpaired) electrons. The van der Waals surface area contributed by atoms with Gasteiger partial charge in [0.2, 0.25) is 0 Å². The predicted molar refractivity (Wildman–Crippen MR) is 67.8 cm³/mol. The Morgan fingerprint density at radius 1 is 1.06 bits per heavy atom. The van der Waals surface area contributed by atoms with Crippen molar-refractivity contribution in [1.82, 2.24) is 0 Å². The first kappa shape index (κ1) is 12.7. The predicted octanol–water partition coefficient (Wildman–Crippen LogP) is 3.14. The van der Waals surface area contributed by atoms with Gasteiger partial charge >= 0.3 is 0 Å². The molecule has 1 aromatic rings. The van der Waals surface area contributed by atoms with Crippen LogP contribution in [-0.4, -0.2) is 20.3 Å². The molecule has 0 atom stereocenters. The van der Waals surface area contributed by atoms with Gasteiger partial charge in [-0.05, 0) is 27.7 Å². The molecule has 1 rings (SSSR count). The number of benzene rings is 1. The topological polar surface area (TPSA) is 30.5 Å². The fraction of sp³-hybridized carbons (Fsp3) is 0.538. The van der Waals surface area contributed by atoms with Gasteiger partial charge < -0.3 is 14.8 Å². The van der Waals surface area contributed by atoms with Crippen molar-refractivity contribution < 1.29 is 9.47 Å². The maximum absolute atomic E-state index is 5.68. The lowest BCUT2D eigenvalue weighted by molar-refractivity contribution is 0.317. The standard InChI is InChI=1S/C13H21NO2/c1-6-15-12-8-11(14-5)9(3)13(10(12)4)16-7-2/h8,14H,6-7H2,1-5H3. The fourth-order valence-electron chi connectivity index (χ4n) is 1.79. The molecule has 16 heavy (non-hydrogen) atoms. The number of ether oxygens (including phenoxy) is 2. The highest BCUT2D eigenvalue weighted by atomic mass is 16.5. The van der Waals surface area contributed by atoms with E-state index in [0.717, 1.165) is 28.3 Å². The minimum Gasteiger partial charge on any atom is -0.493 e. The van der Waals surface area contributed by atoms with Crippen molar-refractivity contribution in [3.8, 4) is 11.5 Å². The van der Waals surface area contributed by atoms with E-state index in [1.165, 1.54) is 0 Å². The molecule has 3 heteroatoms. The van der Waals surface area contributed by atoms with Crippen LogP contribution in [0.1, 0.15) is 25.0 Å². The monoisotopic (exact) mass is 223 g/mol. The highest BCUT2D eigenvalue weighted by Crippen LogP contribution is 2.36. The summed E-state index contributed by atoms with van der Waals surface area (Å²) in [5, 5.41) is 3.16. The van der Waals surface area contributed by atoms with Crippen LogP contribution in [0.15, 0.2) is 6.07 Å². The molecular formula is C13H21NO2. The average Bonchev–Trinajstić information content (AvgIpc) is 2.28. The molecule has 0 bridgehead atoms. The summed E-state index contributed by atoms with van der Waals surface area (Å²) in [6.45, 7) is 9.39. The van der Waals surface area contributed by atoms with Crippen molar-refractivity contribution in [2.75, 3.05) is 25.6 Å². The van der Waals surface area contributed by atoms with Gasteiger partial charge in [0.05, 0.1) is 13.2 Å². The van der Waals surface area contributed by atoms with Crippen molar-refractivity contribution in [3.63, 3.8) is 0 Å². The minimum atomic E-state index is 0.665. The van der Waals surface area contributed by atoms with E-state index in [0.29, 0.717) is 13.2 Å². The SMILES string of the molecule is CCOc1cc(NC)c(C)c(OCC)c1C. The van der Waals surface area contributed by atoms with Gasteiger partial charge in [0, 0.05) is 29.9 Å². The van der Waals surface area contributed by atoms with Gasteiger partial charge in [-0.3, -0.25) is 0 Å². The first-order valence-electron chi connectivity index (χ1n) is 5.73. The molecule has 1 aromatic carbocycles. The number of anilines is 1. The van der Waals surface area contributed by atoms with Crippen LogP contribution in [-0.2, 0) is 0 Å². The summed E-state index contributed by atoms with van der Waals surface area (Å²) in [7, 11) is 1.91. The molecule has 0 saturated heterocycles. The molecule has 0 aliphatic heterocycles. The maximum Gasteiger partial charge on any atom is 0.130 e. The Morgan fingerprint density at radius 2 is 1.69 bits per heavy atom. The summed E-state index contributed by atoms with van der Waals surface area (Å²) in [6, 6.07) is 2.02. The lowest BCUT2D eigenvalue weighted by atomic mass is 10.1. The second-order valence-corrected chi connectivity index (χ2v) is 3.62. The third-order valence-electron chi connectivity index (χ3n) is 2.59. The Labute approximate surface area is 97.8 Å². The molecule has 0 aromatic heterocycles. The van der Waals surface area contributed by atoms with E-state index < -0.39 is 0 Å². The highest BCUT2D eigenvalue weighted by molar-refractivity contribution is 5.64. The number of rotatable bonds is 5.